The van der Waals surface area contributed by atoms with Gasteiger partial charge in [0, 0.05) is 70.3 Å². The number of anilines is 9. The summed E-state index contributed by atoms with van der Waals surface area (Å²) in [5.41, 5.74) is 9.45. The summed E-state index contributed by atoms with van der Waals surface area (Å²) in [5.74, 6) is -1.53. The summed E-state index contributed by atoms with van der Waals surface area (Å²) in [6.45, 7) is 14.0. The first kappa shape index (κ1) is 91.5. The lowest BCUT2D eigenvalue weighted by atomic mass is 10.1. The minimum absolute atomic E-state index is 0.0470. The van der Waals surface area contributed by atoms with Gasteiger partial charge in [0.05, 0.1) is 88.4 Å². The van der Waals surface area contributed by atoms with Crippen LogP contribution in [0.4, 0.5) is 96.9 Å². The first-order valence-corrected chi connectivity index (χ1v) is 38.6. The fourth-order valence-electron chi connectivity index (χ4n) is 9.61. The molecular formula is C68H81Cl3F2N21O17S2+. The number of ether oxygens (including phenoxy) is 1. The van der Waals surface area contributed by atoms with Gasteiger partial charge in [-0.1, -0.05) is 43.6 Å². The van der Waals surface area contributed by atoms with Crippen LogP contribution < -0.4 is 52.5 Å². The first-order chi connectivity index (χ1) is 53.6. The van der Waals surface area contributed by atoms with Crippen molar-refractivity contribution >= 4 is 165 Å². The van der Waals surface area contributed by atoms with Gasteiger partial charge in [-0.25, -0.2) is 69.7 Å². The lowest BCUT2D eigenvalue weighted by molar-refractivity contribution is -0.442. The molecule has 12 N–H and O–H groups in total. The smallest absolute Gasteiger partial charge is 0.416 e. The predicted octanol–water partition coefficient (Wildman–Crippen LogP) is 11.4. The van der Waals surface area contributed by atoms with E-state index >= 15 is 0 Å². The molecule has 11 rings (SSSR count). The molecule has 0 spiro atoms. The summed E-state index contributed by atoms with van der Waals surface area (Å²) in [5, 5.41) is 42.1. The van der Waals surface area contributed by atoms with Crippen LogP contribution in [0.2, 0.25) is 10.0 Å². The normalized spacial score (nSPS) is 13.0. The van der Waals surface area contributed by atoms with Crippen LogP contribution in [0.3, 0.4) is 0 Å². The van der Waals surface area contributed by atoms with E-state index in [1.54, 1.807) is 40.7 Å². The third-order valence-electron chi connectivity index (χ3n) is 15.0. The number of allylic oxidation sites excluding steroid dienone is 1. The van der Waals surface area contributed by atoms with Crippen molar-refractivity contribution in [3.8, 4) is 0 Å². The molecule has 38 nitrogen and oxygen atoms in total. The van der Waals surface area contributed by atoms with E-state index in [9.17, 15) is 84.7 Å². The van der Waals surface area contributed by atoms with Gasteiger partial charge in [0.25, 0.3) is 28.2 Å². The Kier molecular flexibility index (Phi) is 37.1. The second-order valence-corrected chi connectivity index (χ2v) is 28.8. The number of nitrogens with two attached hydrogens (primary N) is 2. The number of likely N-dealkylation sites (tertiary alicyclic amines) is 3. The molecule has 7 aromatic rings. The molecule has 0 unspecified atom stereocenters. The summed E-state index contributed by atoms with van der Waals surface area (Å²) in [6.07, 6.45) is 16.9. The van der Waals surface area contributed by atoms with Gasteiger partial charge in [0.2, 0.25) is 20.0 Å². The summed E-state index contributed by atoms with van der Waals surface area (Å²) in [4.78, 5) is 127. The third-order valence-corrected chi connectivity index (χ3v) is 18.8. The standard InChI is InChI=1S/C20H23ClFN5O4S.C10H10Cl2FNO3S.C10H12N4O3.C10H14N4O.C9H9N3O4.C5H5N3O2.C4H7N/c1-2-11-32(30,31)26-15-7-6-14(21)17(18(15)22)19(28)24-13-5-8-16(23-12-13)25-20(29)27-9-3-4-10-27;1-2-5-18(16,17)14-7-4-3-6(11)8(9(7)13)10(12)15;15-10(13-5-1-2-6-13)12-9-4-3-8(7-11-9)14(16)17;11-8-3-4-9(12-7-8)13-10(15)14-5-1-2-6-14;1-6(2)16-9(13)11-8-4-3-7(5-10-8)12(14)15;6-5-2-1-4(3-7-5)8(9)10;1-2-4-5-3-1/h5-8,12,26H,2-4,9-11H2,1H3,(H,24,28)(H,23,25,29);3-4,14H,2,5H2,1H3;3-4,7H,1-2,5-6H2,(H,11,12,15);3-4,7H,1-2,5-6,11H2,(H,12,13,15);3-5H,1H2,2H3,(H,10,11,13);1-3H,(H2,6,7);3H,1-2,4H2/p+1. The number of urea groups is 3. The number of rotatable bonds is 19. The Balaban J connectivity index is 0.000000247. The van der Waals surface area contributed by atoms with Crippen molar-refractivity contribution in [1.82, 2.24) is 39.6 Å². The third kappa shape index (κ3) is 32.4. The van der Waals surface area contributed by atoms with Crippen LogP contribution in [-0.2, 0) is 24.8 Å². The zero-order valence-electron chi connectivity index (χ0n) is 60.9. The van der Waals surface area contributed by atoms with Gasteiger partial charge in [-0.3, -0.25) is 75.6 Å². The number of pyridine rings is 5. The van der Waals surface area contributed by atoms with E-state index in [1.165, 1.54) is 99.4 Å². The lowest BCUT2D eigenvalue weighted by Crippen LogP contribution is -2.65. The molecule has 0 bridgehead atoms. The van der Waals surface area contributed by atoms with Gasteiger partial charge in [0.1, 0.15) is 60.4 Å². The highest BCUT2D eigenvalue weighted by molar-refractivity contribution is 7.93. The molecule has 4 aliphatic heterocycles. The first-order valence-electron chi connectivity index (χ1n) is 34.2. The Hall–Kier alpha value is -12.2. The molecule has 3 fully saturated rings. The van der Waals surface area contributed by atoms with Gasteiger partial charge in [-0.2, -0.15) is 0 Å². The molecule has 606 valence electrons. The van der Waals surface area contributed by atoms with E-state index < -0.39 is 74.8 Å². The maximum absolute atomic E-state index is 14.9. The fraction of sp³-hybridized carbons (Fsp3) is 0.324. The zero-order valence-corrected chi connectivity index (χ0v) is 64.8. The van der Waals surface area contributed by atoms with Gasteiger partial charge >= 0.3 is 24.2 Å². The number of carbonyl (C=O) groups is 6. The van der Waals surface area contributed by atoms with Crippen molar-refractivity contribution in [2.24, 2.45) is 0 Å². The average Bonchev–Trinajstić information content (AvgIpc) is 1.29. The molecular weight excluding hydrogens is 1590 g/mol. The van der Waals surface area contributed by atoms with E-state index in [-0.39, 0.29) is 91.2 Å². The lowest BCUT2D eigenvalue weighted by Gasteiger charge is -2.16. The number of amides is 8. The monoisotopic (exact) mass is 1670 g/mol. The number of nitrogens with zero attached hydrogens (tertiary/aromatic N) is 11. The van der Waals surface area contributed by atoms with E-state index in [4.69, 9.17) is 46.3 Å². The predicted molar refractivity (Wildman–Crippen MR) is 422 cm³/mol. The van der Waals surface area contributed by atoms with Crippen LogP contribution >= 0.6 is 34.8 Å². The maximum Gasteiger partial charge on any atom is 0.417 e. The average molecular weight is 1670 g/mol. The number of nitrogen functional groups attached to an aromatic ring is 2. The Morgan fingerprint density at radius 2 is 0.929 bits per heavy atom. The van der Waals surface area contributed by atoms with Crippen molar-refractivity contribution in [2.75, 3.05) is 105 Å². The SMILES string of the molecule is C1=[NH+]CCC1.C=C(C)OC(=O)Nc1ccc([N+](=O)[O-])cn1.CCCS(=O)(=O)Nc1ccc(Cl)c(C(=O)Cl)c1F.CCCS(=O)(=O)Nc1ccc(Cl)c(C(=O)Nc2ccc(NC(=O)N3CCCC3)nc2)c1F.Nc1ccc(NC(=O)N2CCCC2)nc1.Nc1ccc([N+](=O)[O-])cn1.O=C(Nc1ccc([N+](=O)[O-])cn1)N1CCCC1. The van der Waals surface area contributed by atoms with Gasteiger partial charge < -0.3 is 36.2 Å². The number of hydrogen-bond acceptors (Lipinski definition) is 24. The van der Waals surface area contributed by atoms with E-state index in [2.05, 4.69) is 78.7 Å². The Labute approximate surface area is 661 Å². The number of sulfonamides is 2. The van der Waals surface area contributed by atoms with Crippen LogP contribution in [-0.4, -0.2) is 170 Å². The zero-order chi connectivity index (χ0) is 83.4. The van der Waals surface area contributed by atoms with Crippen LogP contribution in [0.1, 0.15) is 106 Å². The topological polar surface area (TPSA) is 534 Å². The number of nitro groups is 3. The molecule has 9 heterocycles. The van der Waals surface area contributed by atoms with E-state index in [0.29, 0.717) is 49.1 Å². The van der Waals surface area contributed by atoms with Gasteiger partial charge in [0.15, 0.2) is 11.6 Å². The summed E-state index contributed by atoms with van der Waals surface area (Å²) in [6, 6.07) is 18.5. The second kappa shape index (κ2) is 45.9. The summed E-state index contributed by atoms with van der Waals surface area (Å²) in [7, 11) is -7.41. The number of carbonyl (C=O) groups excluding carboxylic acids is 6. The molecule has 3 saturated heterocycles. The van der Waals surface area contributed by atoms with E-state index in [0.717, 1.165) is 95.4 Å². The van der Waals surface area contributed by atoms with Crippen molar-refractivity contribution in [1.29, 1.82) is 0 Å². The van der Waals surface area contributed by atoms with Crippen LogP contribution in [0, 0.1) is 42.0 Å². The number of halogens is 5. The summed E-state index contributed by atoms with van der Waals surface area (Å²) < 4.78 is 84.4. The van der Waals surface area contributed by atoms with Crippen molar-refractivity contribution < 1.29 is 78.9 Å². The summed E-state index contributed by atoms with van der Waals surface area (Å²) >= 11 is 16.8. The molecule has 8 amide bonds. The van der Waals surface area contributed by atoms with Crippen molar-refractivity contribution in [2.45, 2.75) is 85.0 Å². The highest BCUT2D eigenvalue weighted by atomic mass is 35.5. The quantitative estimate of drug-likeness (QED) is 0.0156. The molecule has 4 aliphatic rings. The fourth-order valence-corrected chi connectivity index (χ4v) is 12.6. The minimum atomic E-state index is -3.76. The molecule has 113 heavy (non-hydrogen) atoms. The van der Waals surface area contributed by atoms with Gasteiger partial charge in [-0.05, 0) is 137 Å². The second-order valence-electron chi connectivity index (χ2n) is 24.0. The van der Waals surface area contributed by atoms with Crippen LogP contribution in [0.25, 0.3) is 0 Å². The number of aromatic nitrogens is 5. The highest BCUT2D eigenvalue weighted by Crippen LogP contribution is 2.30. The molecule has 5 aromatic heterocycles. The van der Waals surface area contributed by atoms with Crippen molar-refractivity contribution in [3.63, 3.8) is 0 Å². The highest BCUT2D eigenvalue weighted by Gasteiger charge is 2.26. The maximum atomic E-state index is 14.9. The molecule has 0 atom stereocenters. The molecule has 0 aliphatic carbocycles. The largest absolute Gasteiger partial charge is 0.417 e. The van der Waals surface area contributed by atoms with Crippen LogP contribution in [0.5, 0.6) is 0 Å². The molecule has 0 radical (unpaired) electrons. The van der Waals surface area contributed by atoms with Crippen molar-refractivity contribution in [3.05, 3.63) is 191 Å². The molecule has 0 saturated carbocycles. The van der Waals surface area contributed by atoms with E-state index in [1.807, 2.05) is 4.72 Å². The molecule has 45 heteroatoms. The van der Waals surface area contributed by atoms with Gasteiger partial charge in [-0.15, -0.1) is 0 Å². The number of nitrogens with one attached hydrogen (secondary N) is 8. The number of benzene rings is 2. The molecule has 2 aromatic carbocycles. The van der Waals surface area contributed by atoms with Crippen LogP contribution in [0.15, 0.2) is 128 Å². The Morgan fingerprint density at radius 1 is 0.540 bits per heavy atom. The Morgan fingerprint density at radius 3 is 1.26 bits per heavy atom. The Bertz CT molecular complexity index is 4710. The minimum Gasteiger partial charge on any atom is -0.416 e. The number of hydrogen-bond donors (Lipinski definition) is 10.